The van der Waals surface area contributed by atoms with Gasteiger partial charge in [-0.25, -0.2) is 4.79 Å². The number of amides is 1. The Labute approximate surface area is 148 Å². The van der Waals surface area contributed by atoms with Gasteiger partial charge in [0, 0.05) is 18.4 Å². The third-order valence-electron chi connectivity index (χ3n) is 3.85. The Bertz CT molecular complexity index is 691. The highest BCUT2D eigenvalue weighted by Gasteiger charge is 2.22. The van der Waals surface area contributed by atoms with Crippen LogP contribution in [0, 0.1) is 5.92 Å². The standard InChI is InChI=1S/C20H25NO4/c1-14(2)13-17(20(23)24-3)21-19(22)12-10-16-9-11-18(25-16)15-7-5-4-6-8-15/h4-9,11,14,17H,10,12-13H2,1-3H3,(H,21,22). The predicted molar refractivity (Wildman–Crippen MR) is 95.9 cm³/mol. The number of ether oxygens (including phenoxy) is 1. The van der Waals surface area contributed by atoms with Crippen LogP contribution in [0.25, 0.3) is 11.3 Å². The van der Waals surface area contributed by atoms with Crippen LogP contribution in [0.1, 0.15) is 32.4 Å². The molecule has 2 aromatic rings. The topological polar surface area (TPSA) is 68.5 Å². The highest BCUT2D eigenvalue weighted by atomic mass is 16.5. The van der Waals surface area contributed by atoms with E-state index in [1.54, 1.807) is 0 Å². The van der Waals surface area contributed by atoms with Crippen LogP contribution in [-0.4, -0.2) is 25.0 Å². The molecule has 5 nitrogen and oxygen atoms in total. The SMILES string of the molecule is COC(=O)C(CC(C)C)NC(=O)CCc1ccc(-c2ccccc2)o1. The van der Waals surface area contributed by atoms with Gasteiger partial charge in [0.05, 0.1) is 7.11 Å². The van der Waals surface area contributed by atoms with Crippen molar-refractivity contribution in [3.8, 4) is 11.3 Å². The van der Waals surface area contributed by atoms with E-state index in [2.05, 4.69) is 5.32 Å². The quantitative estimate of drug-likeness (QED) is 0.744. The van der Waals surface area contributed by atoms with Gasteiger partial charge in [-0.2, -0.15) is 0 Å². The Morgan fingerprint density at radius 3 is 2.48 bits per heavy atom. The van der Waals surface area contributed by atoms with Crippen molar-refractivity contribution < 1.29 is 18.7 Å². The number of benzene rings is 1. The van der Waals surface area contributed by atoms with E-state index in [1.165, 1.54) is 7.11 Å². The molecule has 1 N–H and O–H groups in total. The summed E-state index contributed by atoms with van der Waals surface area (Å²) in [5.74, 6) is 1.21. The lowest BCUT2D eigenvalue weighted by molar-refractivity contribution is -0.145. The molecule has 0 bridgehead atoms. The van der Waals surface area contributed by atoms with Gasteiger partial charge in [-0.1, -0.05) is 44.2 Å². The first-order valence-electron chi connectivity index (χ1n) is 8.51. The van der Waals surface area contributed by atoms with Gasteiger partial charge in [-0.15, -0.1) is 0 Å². The Kier molecular flexibility index (Phi) is 6.81. The van der Waals surface area contributed by atoms with Gasteiger partial charge >= 0.3 is 5.97 Å². The molecule has 1 aromatic carbocycles. The molecule has 5 heteroatoms. The van der Waals surface area contributed by atoms with Crippen molar-refractivity contribution in [1.29, 1.82) is 0 Å². The zero-order valence-electron chi connectivity index (χ0n) is 15.0. The van der Waals surface area contributed by atoms with Crippen LogP contribution in [0.3, 0.4) is 0 Å². The molecule has 0 fully saturated rings. The summed E-state index contributed by atoms with van der Waals surface area (Å²) in [6.45, 7) is 3.99. The van der Waals surface area contributed by atoms with Gasteiger partial charge in [0.15, 0.2) is 0 Å². The molecular weight excluding hydrogens is 318 g/mol. The summed E-state index contributed by atoms with van der Waals surface area (Å²) >= 11 is 0. The molecule has 134 valence electrons. The summed E-state index contributed by atoms with van der Waals surface area (Å²) in [5.41, 5.74) is 1.00. The van der Waals surface area contributed by atoms with Crippen molar-refractivity contribution in [3.05, 3.63) is 48.2 Å². The number of hydrogen-bond donors (Lipinski definition) is 1. The molecule has 0 saturated heterocycles. The number of aryl methyl sites for hydroxylation is 1. The average molecular weight is 343 g/mol. The van der Waals surface area contributed by atoms with E-state index in [0.29, 0.717) is 12.8 Å². The maximum Gasteiger partial charge on any atom is 0.328 e. The van der Waals surface area contributed by atoms with Crippen molar-refractivity contribution in [2.75, 3.05) is 7.11 Å². The third kappa shape index (κ3) is 5.78. The fraction of sp³-hybridized carbons (Fsp3) is 0.400. The van der Waals surface area contributed by atoms with Crippen molar-refractivity contribution in [1.82, 2.24) is 5.32 Å². The lowest BCUT2D eigenvalue weighted by Crippen LogP contribution is -2.42. The summed E-state index contributed by atoms with van der Waals surface area (Å²) in [6.07, 6.45) is 1.29. The number of hydrogen-bond acceptors (Lipinski definition) is 4. The first kappa shape index (κ1) is 18.8. The molecule has 1 atom stereocenters. The molecule has 25 heavy (non-hydrogen) atoms. The number of esters is 1. The summed E-state index contributed by atoms with van der Waals surface area (Å²) < 4.78 is 10.5. The van der Waals surface area contributed by atoms with Crippen LogP contribution >= 0.6 is 0 Å². The van der Waals surface area contributed by atoms with Crippen LogP contribution in [0.15, 0.2) is 46.9 Å². The van der Waals surface area contributed by atoms with Crippen molar-refractivity contribution in [2.45, 2.75) is 39.2 Å². The van der Waals surface area contributed by atoms with Crippen molar-refractivity contribution >= 4 is 11.9 Å². The fourth-order valence-corrected chi connectivity index (χ4v) is 2.60. The average Bonchev–Trinajstić information content (AvgIpc) is 3.08. The van der Waals surface area contributed by atoms with Gasteiger partial charge in [-0.3, -0.25) is 4.79 Å². The Hall–Kier alpha value is -2.56. The monoisotopic (exact) mass is 343 g/mol. The first-order chi connectivity index (χ1) is 12.0. The zero-order chi connectivity index (χ0) is 18.2. The second-order valence-electron chi connectivity index (χ2n) is 6.40. The van der Waals surface area contributed by atoms with Crippen LogP contribution in [-0.2, 0) is 20.7 Å². The van der Waals surface area contributed by atoms with E-state index in [1.807, 2.05) is 56.3 Å². The van der Waals surface area contributed by atoms with E-state index in [9.17, 15) is 9.59 Å². The molecule has 2 rings (SSSR count). The van der Waals surface area contributed by atoms with Crippen LogP contribution in [0.4, 0.5) is 0 Å². The molecule has 1 heterocycles. The Morgan fingerprint density at radius 2 is 1.84 bits per heavy atom. The minimum absolute atomic E-state index is 0.186. The maximum absolute atomic E-state index is 12.1. The van der Waals surface area contributed by atoms with Gasteiger partial charge < -0.3 is 14.5 Å². The summed E-state index contributed by atoms with van der Waals surface area (Å²) in [6, 6.07) is 13.0. The zero-order valence-corrected chi connectivity index (χ0v) is 15.0. The second kappa shape index (κ2) is 9.06. The van der Waals surface area contributed by atoms with Gasteiger partial charge in [0.25, 0.3) is 0 Å². The number of carbonyl (C=O) groups excluding carboxylic acids is 2. The smallest absolute Gasteiger partial charge is 0.328 e. The van der Waals surface area contributed by atoms with Crippen molar-refractivity contribution in [2.24, 2.45) is 5.92 Å². The molecule has 1 unspecified atom stereocenters. The molecule has 0 aliphatic rings. The Balaban J connectivity index is 1.89. The van der Waals surface area contributed by atoms with E-state index < -0.39 is 12.0 Å². The normalized spacial score (nSPS) is 12.0. The predicted octanol–water partition coefficient (Wildman–Crippen LogP) is 3.58. The van der Waals surface area contributed by atoms with Gasteiger partial charge in [-0.05, 0) is 24.5 Å². The largest absolute Gasteiger partial charge is 0.467 e. The molecule has 1 aromatic heterocycles. The molecule has 1 amide bonds. The van der Waals surface area contributed by atoms with Crippen LogP contribution in [0.5, 0.6) is 0 Å². The number of rotatable bonds is 8. The molecule has 0 spiro atoms. The molecule has 0 aliphatic heterocycles. The first-order valence-corrected chi connectivity index (χ1v) is 8.51. The lowest BCUT2D eigenvalue weighted by atomic mass is 10.0. The summed E-state index contributed by atoms with van der Waals surface area (Å²) in [4.78, 5) is 23.9. The van der Waals surface area contributed by atoms with Crippen molar-refractivity contribution in [3.63, 3.8) is 0 Å². The van der Waals surface area contributed by atoms with Crippen LogP contribution < -0.4 is 5.32 Å². The fourth-order valence-electron chi connectivity index (χ4n) is 2.60. The van der Waals surface area contributed by atoms with Crippen LogP contribution in [0.2, 0.25) is 0 Å². The second-order valence-corrected chi connectivity index (χ2v) is 6.40. The molecule has 0 saturated carbocycles. The number of methoxy groups -OCH3 is 1. The minimum Gasteiger partial charge on any atom is -0.467 e. The van der Waals surface area contributed by atoms with Gasteiger partial charge in [0.1, 0.15) is 17.6 Å². The minimum atomic E-state index is -0.603. The summed E-state index contributed by atoms with van der Waals surface area (Å²) in [7, 11) is 1.33. The highest BCUT2D eigenvalue weighted by Crippen LogP contribution is 2.22. The Morgan fingerprint density at radius 1 is 1.12 bits per heavy atom. The molecule has 0 aliphatic carbocycles. The number of furan rings is 1. The van der Waals surface area contributed by atoms with E-state index in [0.717, 1.165) is 17.1 Å². The molecular formula is C20H25NO4. The highest BCUT2D eigenvalue weighted by molar-refractivity contribution is 5.84. The van der Waals surface area contributed by atoms with E-state index in [4.69, 9.17) is 9.15 Å². The third-order valence-corrected chi connectivity index (χ3v) is 3.85. The number of carbonyl (C=O) groups is 2. The lowest BCUT2D eigenvalue weighted by Gasteiger charge is -2.18. The maximum atomic E-state index is 12.1. The summed E-state index contributed by atoms with van der Waals surface area (Å²) in [5, 5.41) is 2.75. The van der Waals surface area contributed by atoms with E-state index >= 15 is 0 Å². The molecule has 0 radical (unpaired) electrons. The number of nitrogens with one attached hydrogen (secondary N) is 1. The van der Waals surface area contributed by atoms with E-state index in [-0.39, 0.29) is 18.2 Å². The van der Waals surface area contributed by atoms with Gasteiger partial charge in [0.2, 0.25) is 5.91 Å².